The summed E-state index contributed by atoms with van der Waals surface area (Å²) in [5.41, 5.74) is -0.560. The highest BCUT2D eigenvalue weighted by atomic mass is 16.5. The van der Waals surface area contributed by atoms with Crippen molar-refractivity contribution in [3.63, 3.8) is 0 Å². The van der Waals surface area contributed by atoms with Crippen molar-refractivity contribution in [2.75, 3.05) is 33.5 Å². The van der Waals surface area contributed by atoms with Crippen LogP contribution in [0.3, 0.4) is 0 Å². The maximum atomic E-state index is 12.0. The van der Waals surface area contributed by atoms with Crippen LogP contribution < -0.4 is 5.32 Å². The van der Waals surface area contributed by atoms with E-state index in [0.717, 1.165) is 19.3 Å². The lowest BCUT2D eigenvalue weighted by molar-refractivity contribution is -0.144. The van der Waals surface area contributed by atoms with Crippen LogP contribution in [-0.2, 0) is 23.8 Å². The van der Waals surface area contributed by atoms with Gasteiger partial charge < -0.3 is 19.5 Å². The lowest BCUT2D eigenvalue weighted by Crippen LogP contribution is -2.54. The zero-order valence-electron chi connectivity index (χ0n) is 13.1. The third-order valence-corrected chi connectivity index (χ3v) is 3.69. The van der Waals surface area contributed by atoms with Crippen molar-refractivity contribution >= 4 is 11.9 Å². The van der Waals surface area contributed by atoms with Crippen LogP contribution in [0.2, 0.25) is 0 Å². The van der Waals surface area contributed by atoms with Gasteiger partial charge in [-0.3, -0.25) is 9.59 Å². The van der Waals surface area contributed by atoms with E-state index in [1.54, 1.807) is 0 Å². The van der Waals surface area contributed by atoms with Crippen molar-refractivity contribution in [1.82, 2.24) is 5.32 Å². The fourth-order valence-corrected chi connectivity index (χ4v) is 2.41. The van der Waals surface area contributed by atoms with Crippen LogP contribution >= 0.6 is 0 Å². The number of rotatable bonds is 9. The molecule has 0 aliphatic carbocycles. The predicted molar refractivity (Wildman–Crippen MR) is 77.9 cm³/mol. The molecule has 0 bridgehead atoms. The molecule has 1 saturated heterocycles. The molecule has 122 valence electrons. The molecule has 0 aromatic heterocycles. The Kier molecular flexibility index (Phi) is 8.30. The van der Waals surface area contributed by atoms with Crippen molar-refractivity contribution in [3.05, 3.63) is 0 Å². The van der Waals surface area contributed by atoms with Crippen LogP contribution in [0.25, 0.3) is 0 Å². The van der Waals surface area contributed by atoms with Crippen molar-refractivity contribution in [2.24, 2.45) is 0 Å². The summed E-state index contributed by atoms with van der Waals surface area (Å²) in [6.45, 7) is 3.82. The zero-order valence-corrected chi connectivity index (χ0v) is 13.1. The second kappa shape index (κ2) is 9.73. The van der Waals surface area contributed by atoms with Crippen LogP contribution in [-0.4, -0.2) is 51.0 Å². The standard InChI is InChI=1S/C15H27NO5/c1-3-4-5-8-21-12-13(17)16-15(11-14(18)19-2)6-9-20-10-7-15/h3-12H2,1-2H3,(H,16,17). The van der Waals surface area contributed by atoms with Crippen molar-refractivity contribution in [3.8, 4) is 0 Å². The average molecular weight is 301 g/mol. The van der Waals surface area contributed by atoms with Crippen LogP contribution in [0, 0.1) is 0 Å². The van der Waals surface area contributed by atoms with Crippen molar-refractivity contribution in [1.29, 1.82) is 0 Å². The highest BCUT2D eigenvalue weighted by molar-refractivity contribution is 5.79. The number of unbranched alkanes of at least 4 members (excludes halogenated alkanes) is 2. The molecule has 1 amide bonds. The molecule has 0 unspecified atom stereocenters. The minimum Gasteiger partial charge on any atom is -0.469 e. The molecule has 6 nitrogen and oxygen atoms in total. The molecule has 0 aromatic carbocycles. The Balaban J connectivity index is 2.40. The van der Waals surface area contributed by atoms with Gasteiger partial charge >= 0.3 is 5.97 Å². The lowest BCUT2D eigenvalue weighted by Gasteiger charge is -2.37. The van der Waals surface area contributed by atoms with Crippen LogP contribution in [0.1, 0.15) is 45.4 Å². The highest BCUT2D eigenvalue weighted by Crippen LogP contribution is 2.25. The second-order valence-corrected chi connectivity index (χ2v) is 5.45. The van der Waals surface area contributed by atoms with Gasteiger partial charge in [-0.2, -0.15) is 0 Å². The summed E-state index contributed by atoms with van der Waals surface area (Å²) < 4.78 is 15.4. The van der Waals surface area contributed by atoms with Gasteiger partial charge in [0.1, 0.15) is 6.61 Å². The Morgan fingerprint density at radius 3 is 2.57 bits per heavy atom. The normalized spacial score (nSPS) is 17.2. The van der Waals surface area contributed by atoms with Gasteiger partial charge in [0.05, 0.1) is 19.1 Å². The average Bonchev–Trinajstić information content (AvgIpc) is 2.47. The molecule has 0 atom stereocenters. The van der Waals surface area contributed by atoms with Gasteiger partial charge in [0.25, 0.3) is 0 Å². The fourth-order valence-electron chi connectivity index (χ4n) is 2.41. The summed E-state index contributed by atoms with van der Waals surface area (Å²) >= 11 is 0. The number of carbonyl (C=O) groups is 2. The summed E-state index contributed by atoms with van der Waals surface area (Å²) in [6, 6.07) is 0. The van der Waals surface area contributed by atoms with E-state index in [0.29, 0.717) is 32.7 Å². The first kappa shape index (κ1) is 17.9. The molecule has 1 aliphatic heterocycles. The molecule has 0 saturated carbocycles. The third kappa shape index (κ3) is 6.91. The molecule has 21 heavy (non-hydrogen) atoms. The summed E-state index contributed by atoms with van der Waals surface area (Å²) in [6.07, 6.45) is 4.59. The van der Waals surface area contributed by atoms with Gasteiger partial charge in [-0.05, 0) is 19.3 Å². The summed E-state index contributed by atoms with van der Waals surface area (Å²) in [5, 5.41) is 2.94. The van der Waals surface area contributed by atoms with E-state index in [1.807, 2.05) is 0 Å². The quantitative estimate of drug-likeness (QED) is 0.515. The van der Waals surface area contributed by atoms with Gasteiger partial charge in [0.2, 0.25) is 5.91 Å². The van der Waals surface area contributed by atoms with Crippen molar-refractivity contribution < 1.29 is 23.8 Å². The molecule has 1 heterocycles. The minimum atomic E-state index is -0.560. The molecule has 1 fully saturated rings. The lowest BCUT2D eigenvalue weighted by atomic mass is 9.86. The van der Waals surface area contributed by atoms with E-state index in [-0.39, 0.29) is 24.9 Å². The molecule has 6 heteroatoms. The maximum Gasteiger partial charge on any atom is 0.307 e. The highest BCUT2D eigenvalue weighted by Gasteiger charge is 2.36. The Bertz CT molecular complexity index is 326. The number of amides is 1. The molecular formula is C15H27NO5. The topological polar surface area (TPSA) is 73.9 Å². The molecule has 0 spiro atoms. The van der Waals surface area contributed by atoms with E-state index in [1.165, 1.54) is 7.11 Å². The Labute approximate surface area is 126 Å². The number of ether oxygens (including phenoxy) is 3. The fraction of sp³-hybridized carbons (Fsp3) is 0.867. The first-order chi connectivity index (χ1) is 10.1. The number of hydrogen-bond donors (Lipinski definition) is 1. The Morgan fingerprint density at radius 1 is 1.24 bits per heavy atom. The Hall–Kier alpha value is -1.14. The van der Waals surface area contributed by atoms with E-state index >= 15 is 0 Å². The predicted octanol–water partition coefficient (Wildman–Crippen LogP) is 1.42. The number of nitrogens with one attached hydrogen (secondary N) is 1. The second-order valence-electron chi connectivity index (χ2n) is 5.45. The monoisotopic (exact) mass is 301 g/mol. The third-order valence-electron chi connectivity index (χ3n) is 3.69. The zero-order chi connectivity index (χ0) is 15.6. The van der Waals surface area contributed by atoms with E-state index in [2.05, 4.69) is 12.2 Å². The van der Waals surface area contributed by atoms with Gasteiger partial charge in [-0.25, -0.2) is 0 Å². The van der Waals surface area contributed by atoms with Crippen LogP contribution in [0.5, 0.6) is 0 Å². The first-order valence-electron chi connectivity index (χ1n) is 7.65. The largest absolute Gasteiger partial charge is 0.469 e. The SMILES string of the molecule is CCCCCOCC(=O)NC1(CC(=O)OC)CCOCC1. The summed E-state index contributed by atoms with van der Waals surface area (Å²) in [4.78, 5) is 23.5. The molecule has 1 aliphatic rings. The molecule has 1 N–H and O–H groups in total. The minimum absolute atomic E-state index is 0.0352. The van der Waals surface area contributed by atoms with E-state index in [9.17, 15) is 9.59 Å². The molecule has 0 aromatic rings. The number of methoxy groups -OCH3 is 1. The number of esters is 1. The maximum absolute atomic E-state index is 12.0. The van der Waals surface area contributed by atoms with Crippen molar-refractivity contribution in [2.45, 2.75) is 51.0 Å². The number of hydrogen-bond acceptors (Lipinski definition) is 5. The summed E-state index contributed by atoms with van der Waals surface area (Å²) in [7, 11) is 1.36. The summed E-state index contributed by atoms with van der Waals surface area (Å²) in [5.74, 6) is -0.502. The molecular weight excluding hydrogens is 274 g/mol. The van der Waals surface area contributed by atoms with Crippen LogP contribution in [0.15, 0.2) is 0 Å². The van der Waals surface area contributed by atoms with E-state index < -0.39 is 5.54 Å². The molecule has 0 radical (unpaired) electrons. The first-order valence-corrected chi connectivity index (χ1v) is 7.65. The van der Waals surface area contributed by atoms with Gasteiger partial charge in [-0.1, -0.05) is 19.8 Å². The molecule has 1 rings (SSSR count). The van der Waals surface area contributed by atoms with Gasteiger partial charge in [0, 0.05) is 19.8 Å². The van der Waals surface area contributed by atoms with Crippen LogP contribution in [0.4, 0.5) is 0 Å². The van der Waals surface area contributed by atoms with E-state index in [4.69, 9.17) is 14.2 Å². The van der Waals surface area contributed by atoms with Gasteiger partial charge in [0.15, 0.2) is 0 Å². The Morgan fingerprint density at radius 2 is 1.95 bits per heavy atom. The van der Waals surface area contributed by atoms with Gasteiger partial charge in [-0.15, -0.1) is 0 Å². The number of carbonyl (C=O) groups excluding carboxylic acids is 2. The smallest absolute Gasteiger partial charge is 0.307 e.